The molecule has 1 aliphatic heterocycles. The molecule has 1 aromatic carbocycles. The van der Waals surface area contributed by atoms with Gasteiger partial charge in [-0.3, -0.25) is 4.90 Å². The third kappa shape index (κ3) is 3.26. The van der Waals surface area contributed by atoms with E-state index in [9.17, 15) is 0 Å². The minimum atomic E-state index is 0.717. The summed E-state index contributed by atoms with van der Waals surface area (Å²) >= 11 is 0. The van der Waals surface area contributed by atoms with Crippen molar-refractivity contribution >= 4 is 5.69 Å². The van der Waals surface area contributed by atoms with Gasteiger partial charge in [-0.25, -0.2) is 0 Å². The van der Waals surface area contributed by atoms with Crippen molar-refractivity contribution in [2.45, 2.75) is 38.5 Å². The van der Waals surface area contributed by atoms with Crippen molar-refractivity contribution in [1.82, 2.24) is 4.90 Å². The van der Waals surface area contributed by atoms with E-state index in [0.29, 0.717) is 5.41 Å². The zero-order valence-corrected chi connectivity index (χ0v) is 12.3. The van der Waals surface area contributed by atoms with E-state index in [1.54, 1.807) is 0 Å². The van der Waals surface area contributed by atoms with Crippen LogP contribution in [-0.4, -0.2) is 31.1 Å². The van der Waals surface area contributed by atoms with E-state index in [0.717, 1.165) is 24.6 Å². The van der Waals surface area contributed by atoms with Gasteiger partial charge in [0.2, 0.25) is 0 Å². The van der Waals surface area contributed by atoms with Gasteiger partial charge < -0.3 is 10.5 Å². The molecular formula is C17H26N2O. The van der Waals surface area contributed by atoms with E-state index in [1.807, 2.05) is 24.3 Å². The lowest BCUT2D eigenvalue weighted by Gasteiger charge is -2.39. The summed E-state index contributed by atoms with van der Waals surface area (Å²) in [7, 11) is 0. The number of nitrogens with two attached hydrogens (primary N) is 1. The van der Waals surface area contributed by atoms with E-state index in [1.165, 1.54) is 51.6 Å². The summed E-state index contributed by atoms with van der Waals surface area (Å²) in [5.41, 5.74) is 7.17. The first kappa shape index (κ1) is 13.7. The summed E-state index contributed by atoms with van der Waals surface area (Å²) in [6.45, 7) is 4.33. The molecule has 0 radical (unpaired) electrons. The molecule has 20 heavy (non-hydrogen) atoms. The number of hydrogen-bond acceptors (Lipinski definition) is 3. The minimum absolute atomic E-state index is 0.717. The molecule has 1 spiro atoms. The standard InChI is InChI=1S/C17H26N2O/c18-15-3-5-16(6-4-15)20-14-13-19-11-9-17(10-12-19)7-1-2-8-17/h3-6H,1-2,7-14,18H2. The Labute approximate surface area is 122 Å². The lowest BCUT2D eigenvalue weighted by Crippen LogP contribution is -2.40. The number of nitrogens with zero attached hydrogens (tertiary/aromatic N) is 1. The van der Waals surface area contributed by atoms with Gasteiger partial charge in [-0.15, -0.1) is 0 Å². The highest BCUT2D eigenvalue weighted by molar-refractivity contribution is 5.41. The fraction of sp³-hybridized carbons (Fsp3) is 0.647. The Balaban J connectivity index is 1.38. The lowest BCUT2D eigenvalue weighted by molar-refractivity contribution is 0.0961. The molecule has 2 N–H and O–H groups in total. The molecule has 0 amide bonds. The maximum atomic E-state index is 5.78. The van der Waals surface area contributed by atoms with Crippen LogP contribution < -0.4 is 10.5 Å². The second-order valence-corrected chi connectivity index (χ2v) is 6.47. The molecule has 1 aliphatic carbocycles. The maximum Gasteiger partial charge on any atom is 0.119 e. The van der Waals surface area contributed by atoms with Gasteiger partial charge in [0, 0.05) is 12.2 Å². The molecule has 1 saturated heterocycles. The van der Waals surface area contributed by atoms with Gasteiger partial charge in [0.05, 0.1) is 0 Å². The third-order valence-corrected chi connectivity index (χ3v) is 5.14. The summed E-state index contributed by atoms with van der Waals surface area (Å²) in [5, 5.41) is 0. The first-order valence-corrected chi connectivity index (χ1v) is 7.97. The molecular weight excluding hydrogens is 248 g/mol. The van der Waals surface area contributed by atoms with Crippen molar-refractivity contribution in [3.63, 3.8) is 0 Å². The number of benzene rings is 1. The fourth-order valence-corrected chi connectivity index (χ4v) is 3.73. The van der Waals surface area contributed by atoms with Crippen LogP contribution in [-0.2, 0) is 0 Å². The number of hydrogen-bond donors (Lipinski definition) is 1. The number of anilines is 1. The van der Waals surface area contributed by atoms with Gasteiger partial charge in [0.25, 0.3) is 0 Å². The molecule has 2 aliphatic rings. The van der Waals surface area contributed by atoms with E-state index in [2.05, 4.69) is 4.90 Å². The summed E-state index contributed by atoms with van der Waals surface area (Å²) in [4.78, 5) is 2.56. The van der Waals surface area contributed by atoms with Crippen molar-refractivity contribution in [2.75, 3.05) is 32.0 Å². The second-order valence-electron chi connectivity index (χ2n) is 6.47. The van der Waals surface area contributed by atoms with Crippen molar-refractivity contribution < 1.29 is 4.74 Å². The first-order valence-electron chi connectivity index (χ1n) is 7.97. The number of likely N-dealkylation sites (tertiary alicyclic amines) is 1. The smallest absolute Gasteiger partial charge is 0.119 e. The lowest BCUT2D eigenvalue weighted by atomic mass is 9.77. The molecule has 0 bridgehead atoms. The molecule has 3 heteroatoms. The van der Waals surface area contributed by atoms with E-state index < -0.39 is 0 Å². The molecule has 1 aromatic rings. The van der Waals surface area contributed by atoms with Crippen LogP contribution in [0.25, 0.3) is 0 Å². The first-order chi connectivity index (χ1) is 9.76. The zero-order chi connectivity index (χ0) is 13.8. The van der Waals surface area contributed by atoms with Crippen LogP contribution in [0, 0.1) is 5.41 Å². The number of rotatable bonds is 4. The Bertz CT molecular complexity index is 413. The highest BCUT2D eigenvalue weighted by Gasteiger charge is 2.36. The topological polar surface area (TPSA) is 38.5 Å². The van der Waals surface area contributed by atoms with Gasteiger partial charge in [-0.1, -0.05) is 12.8 Å². The Kier molecular flexibility index (Phi) is 4.16. The van der Waals surface area contributed by atoms with Gasteiger partial charge in [-0.05, 0) is 68.5 Å². The Hall–Kier alpha value is -1.22. The largest absolute Gasteiger partial charge is 0.492 e. The van der Waals surface area contributed by atoms with Gasteiger partial charge in [0.15, 0.2) is 0 Å². The second kappa shape index (κ2) is 6.04. The van der Waals surface area contributed by atoms with Crippen LogP contribution in [0.1, 0.15) is 38.5 Å². The monoisotopic (exact) mass is 274 g/mol. The Morgan fingerprint density at radius 2 is 1.65 bits per heavy atom. The van der Waals surface area contributed by atoms with Gasteiger partial charge in [0.1, 0.15) is 12.4 Å². The highest BCUT2D eigenvalue weighted by atomic mass is 16.5. The Morgan fingerprint density at radius 1 is 1.00 bits per heavy atom. The summed E-state index contributed by atoms with van der Waals surface area (Å²) in [6.07, 6.45) is 8.66. The molecule has 0 atom stereocenters. The average molecular weight is 274 g/mol. The molecule has 1 saturated carbocycles. The van der Waals surface area contributed by atoms with E-state index in [-0.39, 0.29) is 0 Å². The fourth-order valence-electron chi connectivity index (χ4n) is 3.73. The SMILES string of the molecule is Nc1ccc(OCCN2CCC3(CCCC3)CC2)cc1. The van der Waals surface area contributed by atoms with E-state index >= 15 is 0 Å². The van der Waals surface area contributed by atoms with Gasteiger partial charge in [-0.2, -0.15) is 0 Å². The van der Waals surface area contributed by atoms with Crippen LogP contribution in [0.3, 0.4) is 0 Å². The Morgan fingerprint density at radius 3 is 2.30 bits per heavy atom. The maximum absolute atomic E-state index is 5.78. The molecule has 3 rings (SSSR count). The normalized spacial score (nSPS) is 22.2. The predicted octanol–water partition coefficient (Wildman–Crippen LogP) is 3.30. The van der Waals surface area contributed by atoms with Crippen LogP contribution in [0.5, 0.6) is 5.75 Å². The molecule has 0 aromatic heterocycles. The zero-order valence-electron chi connectivity index (χ0n) is 12.3. The number of piperidine rings is 1. The van der Waals surface area contributed by atoms with Crippen molar-refractivity contribution in [1.29, 1.82) is 0 Å². The number of ether oxygens (including phenoxy) is 1. The van der Waals surface area contributed by atoms with Crippen molar-refractivity contribution in [3.8, 4) is 5.75 Å². The quantitative estimate of drug-likeness (QED) is 0.856. The number of nitrogen functional groups attached to an aromatic ring is 1. The molecule has 0 unspecified atom stereocenters. The summed E-state index contributed by atoms with van der Waals surface area (Å²) in [6, 6.07) is 7.66. The van der Waals surface area contributed by atoms with Crippen molar-refractivity contribution in [3.05, 3.63) is 24.3 Å². The molecule has 1 heterocycles. The van der Waals surface area contributed by atoms with Crippen LogP contribution >= 0.6 is 0 Å². The van der Waals surface area contributed by atoms with Crippen LogP contribution in [0.2, 0.25) is 0 Å². The van der Waals surface area contributed by atoms with Crippen molar-refractivity contribution in [2.24, 2.45) is 5.41 Å². The molecule has 110 valence electrons. The minimum Gasteiger partial charge on any atom is -0.492 e. The molecule has 2 fully saturated rings. The average Bonchev–Trinajstić information content (AvgIpc) is 2.92. The van der Waals surface area contributed by atoms with E-state index in [4.69, 9.17) is 10.5 Å². The molecule has 3 nitrogen and oxygen atoms in total. The summed E-state index contributed by atoms with van der Waals surface area (Å²) in [5.74, 6) is 0.920. The van der Waals surface area contributed by atoms with Crippen LogP contribution in [0.15, 0.2) is 24.3 Å². The predicted molar refractivity (Wildman–Crippen MR) is 82.9 cm³/mol. The summed E-state index contributed by atoms with van der Waals surface area (Å²) < 4.78 is 5.78. The van der Waals surface area contributed by atoms with Gasteiger partial charge >= 0.3 is 0 Å². The highest BCUT2D eigenvalue weighted by Crippen LogP contribution is 2.45. The van der Waals surface area contributed by atoms with Crippen LogP contribution in [0.4, 0.5) is 5.69 Å². The third-order valence-electron chi connectivity index (χ3n) is 5.14.